The quantitative estimate of drug-likeness (QED) is 0.636. The van der Waals surface area contributed by atoms with Crippen LogP contribution in [0.4, 0.5) is 4.39 Å². The van der Waals surface area contributed by atoms with Crippen LogP contribution in [0.2, 0.25) is 0 Å². The van der Waals surface area contributed by atoms with Crippen molar-refractivity contribution in [3.05, 3.63) is 29.3 Å². The van der Waals surface area contributed by atoms with Crippen molar-refractivity contribution in [3.8, 4) is 0 Å². The molecule has 1 heterocycles. The monoisotopic (exact) mass is 164 g/mol. The van der Waals surface area contributed by atoms with Crippen molar-refractivity contribution < 1.29 is 4.39 Å². The van der Waals surface area contributed by atoms with Crippen molar-refractivity contribution in [1.82, 2.24) is 9.97 Å². The summed E-state index contributed by atoms with van der Waals surface area (Å²) in [5.74, 6) is 0.520. The average Bonchev–Trinajstić information content (AvgIpc) is 2.39. The minimum absolute atomic E-state index is 0.225. The van der Waals surface area contributed by atoms with Gasteiger partial charge in [-0.2, -0.15) is 0 Å². The maximum absolute atomic E-state index is 13.3. The lowest BCUT2D eigenvalue weighted by Gasteiger charge is -1.94. The van der Waals surface area contributed by atoms with Crippen LogP contribution in [-0.4, -0.2) is 9.97 Å². The first-order chi connectivity index (χ1) is 5.68. The summed E-state index contributed by atoms with van der Waals surface area (Å²) in [7, 11) is 0. The number of fused-ring (bicyclic) bond motifs is 1. The van der Waals surface area contributed by atoms with Crippen LogP contribution in [0.15, 0.2) is 12.1 Å². The molecule has 0 aliphatic rings. The molecule has 0 fully saturated rings. The molecule has 12 heavy (non-hydrogen) atoms. The number of imidazole rings is 1. The number of nitrogens with zero attached hydrogens (tertiary/aromatic N) is 1. The molecule has 0 aliphatic carbocycles. The highest BCUT2D eigenvalue weighted by Crippen LogP contribution is 2.17. The number of benzene rings is 1. The summed E-state index contributed by atoms with van der Waals surface area (Å²) in [6.45, 7) is 3.55. The predicted octanol–water partition coefficient (Wildman–Crippen LogP) is 2.32. The van der Waals surface area contributed by atoms with Gasteiger partial charge in [-0.1, -0.05) is 6.07 Å². The third-order valence-electron chi connectivity index (χ3n) is 1.90. The largest absolute Gasteiger partial charge is 0.342 e. The Morgan fingerprint density at radius 1 is 1.33 bits per heavy atom. The van der Waals surface area contributed by atoms with Gasteiger partial charge in [-0.3, -0.25) is 0 Å². The Labute approximate surface area is 69.4 Å². The number of aromatic nitrogens is 2. The predicted molar refractivity (Wildman–Crippen MR) is 45.5 cm³/mol. The minimum Gasteiger partial charge on any atom is -0.342 e. The third-order valence-corrected chi connectivity index (χ3v) is 1.90. The lowest BCUT2D eigenvalue weighted by Crippen LogP contribution is -1.83. The summed E-state index contributed by atoms with van der Waals surface area (Å²) in [6, 6.07) is 3.59. The fraction of sp³-hybridized carbons (Fsp3) is 0.222. The van der Waals surface area contributed by atoms with Crippen LogP contribution >= 0.6 is 0 Å². The van der Waals surface area contributed by atoms with E-state index in [0.29, 0.717) is 11.1 Å². The van der Waals surface area contributed by atoms with Gasteiger partial charge in [-0.25, -0.2) is 9.37 Å². The van der Waals surface area contributed by atoms with Crippen molar-refractivity contribution in [2.24, 2.45) is 0 Å². The van der Waals surface area contributed by atoms with Crippen LogP contribution in [0.25, 0.3) is 11.0 Å². The normalized spacial score (nSPS) is 10.9. The molecule has 2 rings (SSSR count). The van der Waals surface area contributed by atoms with Gasteiger partial charge in [0.25, 0.3) is 0 Å². The first-order valence-corrected chi connectivity index (χ1v) is 3.80. The van der Waals surface area contributed by atoms with E-state index in [0.717, 1.165) is 11.3 Å². The Morgan fingerprint density at radius 3 is 2.83 bits per heavy atom. The summed E-state index contributed by atoms with van der Waals surface area (Å²) in [4.78, 5) is 7.02. The Bertz CT molecular complexity index is 431. The van der Waals surface area contributed by atoms with Crippen molar-refractivity contribution in [1.29, 1.82) is 0 Å². The van der Waals surface area contributed by atoms with Gasteiger partial charge in [0.2, 0.25) is 0 Å². The maximum atomic E-state index is 13.3. The molecule has 0 amide bonds. The second kappa shape index (κ2) is 2.30. The molecular weight excluding hydrogens is 155 g/mol. The van der Waals surface area contributed by atoms with E-state index in [1.54, 1.807) is 13.0 Å². The SMILES string of the molecule is Cc1nc2c(F)c(C)ccc2[nH]1. The summed E-state index contributed by atoms with van der Waals surface area (Å²) >= 11 is 0. The Hall–Kier alpha value is -1.38. The van der Waals surface area contributed by atoms with E-state index < -0.39 is 0 Å². The Morgan fingerprint density at radius 2 is 2.08 bits per heavy atom. The molecule has 2 nitrogen and oxygen atoms in total. The van der Waals surface area contributed by atoms with Crippen LogP contribution in [0.5, 0.6) is 0 Å². The fourth-order valence-corrected chi connectivity index (χ4v) is 1.27. The summed E-state index contributed by atoms with van der Waals surface area (Å²) in [5.41, 5.74) is 1.83. The van der Waals surface area contributed by atoms with E-state index in [2.05, 4.69) is 9.97 Å². The van der Waals surface area contributed by atoms with Crippen molar-refractivity contribution in [2.45, 2.75) is 13.8 Å². The second-order valence-electron chi connectivity index (χ2n) is 2.91. The number of hydrogen-bond donors (Lipinski definition) is 1. The topological polar surface area (TPSA) is 28.7 Å². The highest BCUT2D eigenvalue weighted by Gasteiger charge is 2.06. The van der Waals surface area contributed by atoms with Gasteiger partial charge >= 0.3 is 0 Å². The lowest BCUT2D eigenvalue weighted by atomic mass is 10.2. The molecule has 0 aliphatic heterocycles. The van der Waals surface area contributed by atoms with Gasteiger partial charge in [-0.05, 0) is 25.5 Å². The van der Waals surface area contributed by atoms with Crippen LogP contribution in [0.1, 0.15) is 11.4 Å². The lowest BCUT2D eigenvalue weighted by molar-refractivity contribution is 0.628. The van der Waals surface area contributed by atoms with Crippen LogP contribution in [-0.2, 0) is 0 Å². The van der Waals surface area contributed by atoms with Gasteiger partial charge in [0.05, 0.1) is 5.52 Å². The molecule has 0 radical (unpaired) electrons. The number of H-pyrrole nitrogens is 1. The molecule has 0 saturated carbocycles. The number of hydrogen-bond acceptors (Lipinski definition) is 1. The average molecular weight is 164 g/mol. The van der Waals surface area contributed by atoms with E-state index in [1.807, 2.05) is 13.0 Å². The van der Waals surface area contributed by atoms with Gasteiger partial charge in [-0.15, -0.1) is 0 Å². The first-order valence-electron chi connectivity index (χ1n) is 3.80. The highest BCUT2D eigenvalue weighted by molar-refractivity contribution is 5.76. The standard InChI is InChI=1S/C9H9FN2/c1-5-3-4-7-9(8(5)10)12-6(2)11-7/h3-4H,1-2H3,(H,11,12). The molecule has 2 aromatic rings. The summed E-state index contributed by atoms with van der Waals surface area (Å²) < 4.78 is 13.3. The zero-order valence-electron chi connectivity index (χ0n) is 6.98. The molecule has 0 unspecified atom stereocenters. The Balaban J connectivity index is 2.89. The molecule has 1 aromatic carbocycles. The molecule has 1 aromatic heterocycles. The zero-order valence-corrected chi connectivity index (χ0v) is 6.98. The van der Waals surface area contributed by atoms with Crippen molar-refractivity contribution >= 4 is 11.0 Å². The van der Waals surface area contributed by atoms with Gasteiger partial charge in [0.1, 0.15) is 11.3 Å². The van der Waals surface area contributed by atoms with Gasteiger partial charge in [0, 0.05) is 0 Å². The summed E-state index contributed by atoms with van der Waals surface area (Å²) in [6.07, 6.45) is 0. The maximum Gasteiger partial charge on any atom is 0.153 e. The molecule has 0 bridgehead atoms. The fourth-order valence-electron chi connectivity index (χ4n) is 1.27. The minimum atomic E-state index is -0.225. The number of nitrogens with one attached hydrogen (secondary N) is 1. The molecule has 1 N–H and O–H groups in total. The number of aryl methyl sites for hydroxylation is 2. The van der Waals surface area contributed by atoms with Gasteiger partial charge in [0.15, 0.2) is 5.82 Å². The van der Waals surface area contributed by atoms with E-state index in [1.165, 1.54) is 0 Å². The molecule has 0 saturated heterocycles. The van der Waals surface area contributed by atoms with E-state index in [9.17, 15) is 4.39 Å². The smallest absolute Gasteiger partial charge is 0.153 e. The molecule has 0 atom stereocenters. The van der Waals surface area contributed by atoms with Crippen molar-refractivity contribution in [2.75, 3.05) is 0 Å². The zero-order chi connectivity index (χ0) is 8.72. The molecular formula is C9H9FN2. The van der Waals surface area contributed by atoms with Crippen LogP contribution < -0.4 is 0 Å². The van der Waals surface area contributed by atoms with E-state index >= 15 is 0 Å². The highest BCUT2D eigenvalue weighted by atomic mass is 19.1. The van der Waals surface area contributed by atoms with Crippen molar-refractivity contribution in [3.63, 3.8) is 0 Å². The van der Waals surface area contributed by atoms with E-state index in [-0.39, 0.29) is 5.82 Å². The number of halogens is 1. The molecule has 62 valence electrons. The Kier molecular flexibility index (Phi) is 1.40. The number of aromatic amines is 1. The third kappa shape index (κ3) is 0.897. The second-order valence-corrected chi connectivity index (χ2v) is 2.91. The molecule has 3 heteroatoms. The van der Waals surface area contributed by atoms with Gasteiger partial charge < -0.3 is 4.98 Å². The molecule has 0 spiro atoms. The summed E-state index contributed by atoms with van der Waals surface area (Å²) in [5, 5.41) is 0. The first kappa shape index (κ1) is 7.28. The van der Waals surface area contributed by atoms with Crippen LogP contribution in [0.3, 0.4) is 0 Å². The van der Waals surface area contributed by atoms with Crippen LogP contribution in [0, 0.1) is 19.7 Å². The number of rotatable bonds is 0. The van der Waals surface area contributed by atoms with E-state index in [4.69, 9.17) is 0 Å².